The fraction of sp³-hybridized carbons (Fsp3) is 0.529. The number of amides is 2. The van der Waals surface area contributed by atoms with E-state index in [4.69, 9.17) is 9.47 Å². The SMILES string of the molecule is O=CN1CCN(C(=O)Cc2c3c(cc4c2OCC4)OCC3)CC1. The van der Waals surface area contributed by atoms with Crippen molar-refractivity contribution >= 4 is 12.3 Å². The van der Waals surface area contributed by atoms with E-state index in [0.29, 0.717) is 45.8 Å². The maximum Gasteiger partial charge on any atom is 0.227 e. The van der Waals surface area contributed by atoms with Crippen LogP contribution in [0.2, 0.25) is 0 Å². The van der Waals surface area contributed by atoms with Gasteiger partial charge in [-0.3, -0.25) is 9.59 Å². The van der Waals surface area contributed by atoms with Crippen LogP contribution in [0.3, 0.4) is 0 Å². The van der Waals surface area contributed by atoms with Crippen LogP contribution in [0.4, 0.5) is 0 Å². The van der Waals surface area contributed by atoms with Crippen molar-refractivity contribution < 1.29 is 19.1 Å². The van der Waals surface area contributed by atoms with Crippen molar-refractivity contribution in [2.75, 3.05) is 39.4 Å². The summed E-state index contributed by atoms with van der Waals surface area (Å²) in [5, 5.41) is 0. The Hall–Kier alpha value is -2.24. The van der Waals surface area contributed by atoms with E-state index in [1.807, 2.05) is 4.90 Å². The number of ether oxygens (including phenoxy) is 2. The number of hydrogen-bond acceptors (Lipinski definition) is 4. The highest BCUT2D eigenvalue weighted by Gasteiger charge is 2.29. The molecule has 1 aromatic rings. The minimum Gasteiger partial charge on any atom is -0.493 e. The van der Waals surface area contributed by atoms with Crippen molar-refractivity contribution in [1.29, 1.82) is 0 Å². The molecule has 1 aromatic carbocycles. The molecule has 0 aliphatic carbocycles. The van der Waals surface area contributed by atoms with Gasteiger partial charge >= 0.3 is 0 Å². The van der Waals surface area contributed by atoms with Crippen LogP contribution < -0.4 is 9.47 Å². The number of hydrogen-bond donors (Lipinski definition) is 0. The maximum absolute atomic E-state index is 12.7. The molecule has 3 aliphatic heterocycles. The standard InChI is InChI=1S/C17H20N2O4/c20-11-18-3-5-19(6-4-18)16(21)10-14-13-2-8-22-15(13)9-12-1-7-23-17(12)14/h9,11H,1-8,10H2. The zero-order valence-electron chi connectivity index (χ0n) is 13.0. The van der Waals surface area contributed by atoms with Gasteiger partial charge in [0.25, 0.3) is 0 Å². The summed E-state index contributed by atoms with van der Waals surface area (Å²) in [5.41, 5.74) is 3.29. The molecule has 0 saturated carbocycles. The Balaban J connectivity index is 1.55. The van der Waals surface area contributed by atoms with Crippen molar-refractivity contribution in [3.8, 4) is 11.5 Å². The lowest BCUT2D eigenvalue weighted by Crippen LogP contribution is -2.48. The summed E-state index contributed by atoms with van der Waals surface area (Å²) in [5.74, 6) is 1.92. The van der Waals surface area contributed by atoms with E-state index in [1.165, 1.54) is 0 Å². The van der Waals surface area contributed by atoms with Crippen molar-refractivity contribution in [2.45, 2.75) is 19.3 Å². The molecule has 0 N–H and O–H groups in total. The van der Waals surface area contributed by atoms with Crippen LogP contribution in [0.15, 0.2) is 6.07 Å². The van der Waals surface area contributed by atoms with Gasteiger partial charge in [0, 0.05) is 55.7 Å². The van der Waals surface area contributed by atoms with E-state index in [0.717, 1.165) is 47.4 Å². The number of carbonyl (C=O) groups excluding carboxylic acids is 2. The normalized spacial score (nSPS) is 19.0. The van der Waals surface area contributed by atoms with Crippen LogP contribution in [0.1, 0.15) is 16.7 Å². The molecule has 0 aromatic heterocycles. The van der Waals surface area contributed by atoms with Crippen molar-refractivity contribution in [3.05, 3.63) is 22.8 Å². The van der Waals surface area contributed by atoms with Crippen molar-refractivity contribution in [3.63, 3.8) is 0 Å². The molecule has 0 atom stereocenters. The van der Waals surface area contributed by atoms with Crippen LogP contribution in [-0.2, 0) is 28.9 Å². The molecule has 4 rings (SSSR count). The van der Waals surface area contributed by atoms with Gasteiger partial charge in [-0.05, 0) is 6.07 Å². The van der Waals surface area contributed by atoms with E-state index < -0.39 is 0 Å². The molecule has 3 aliphatic rings. The first kappa shape index (κ1) is 14.4. The Bertz CT molecular complexity index is 618. The van der Waals surface area contributed by atoms with E-state index in [2.05, 4.69) is 6.07 Å². The number of nitrogens with zero attached hydrogens (tertiary/aromatic N) is 2. The Morgan fingerprint density at radius 1 is 1.13 bits per heavy atom. The second-order valence-electron chi connectivity index (χ2n) is 6.22. The van der Waals surface area contributed by atoms with Gasteiger partial charge in [0.05, 0.1) is 19.6 Å². The Morgan fingerprint density at radius 3 is 2.70 bits per heavy atom. The molecule has 122 valence electrons. The third-order valence-corrected chi connectivity index (χ3v) is 4.90. The molecule has 1 fully saturated rings. The van der Waals surface area contributed by atoms with Gasteiger partial charge in [0.1, 0.15) is 11.5 Å². The minimum atomic E-state index is 0.105. The summed E-state index contributed by atoms with van der Waals surface area (Å²) in [7, 11) is 0. The molecule has 2 amide bonds. The molecule has 0 spiro atoms. The van der Waals surface area contributed by atoms with E-state index in [9.17, 15) is 9.59 Å². The molecule has 0 unspecified atom stereocenters. The highest BCUT2D eigenvalue weighted by Crippen LogP contribution is 2.40. The van der Waals surface area contributed by atoms with Gasteiger partial charge in [-0.15, -0.1) is 0 Å². The third-order valence-electron chi connectivity index (χ3n) is 4.90. The van der Waals surface area contributed by atoms with Crippen LogP contribution in [-0.4, -0.2) is 61.5 Å². The summed E-state index contributed by atoms with van der Waals surface area (Å²) in [6.45, 7) is 3.78. The molecular formula is C17H20N2O4. The molecular weight excluding hydrogens is 296 g/mol. The summed E-state index contributed by atoms with van der Waals surface area (Å²) >= 11 is 0. The van der Waals surface area contributed by atoms with E-state index in [1.54, 1.807) is 4.90 Å². The average Bonchev–Trinajstić information content (AvgIpc) is 3.23. The lowest BCUT2D eigenvalue weighted by molar-refractivity contribution is -0.134. The first-order valence-electron chi connectivity index (χ1n) is 8.16. The summed E-state index contributed by atoms with van der Waals surface area (Å²) in [6.07, 6.45) is 2.93. The highest BCUT2D eigenvalue weighted by atomic mass is 16.5. The Morgan fingerprint density at radius 2 is 1.91 bits per heavy atom. The molecule has 23 heavy (non-hydrogen) atoms. The second-order valence-corrected chi connectivity index (χ2v) is 6.22. The predicted octanol–water partition coefficient (Wildman–Crippen LogP) is 0.399. The van der Waals surface area contributed by atoms with E-state index in [-0.39, 0.29) is 5.91 Å². The number of carbonyl (C=O) groups is 2. The smallest absolute Gasteiger partial charge is 0.227 e. The van der Waals surface area contributed by atoms with E-state index >= 15 is 0 Å². The van der Waals surface area contributed by atoms with Crippen LogP contribution in [0.5, 0.6) is 11.5 Å². The molecule has 6 heteroatoms. The quantitative estimate of drug-likeness (QED) is 0.758. The van der Waals surface area contributed by atoms with Gasteiger partial charge in [-0.25, -0.2) is 0 Å². The Kier molecular flexibility index (Phi) is 3.59. The van der Waals surface area contributed by atoms with Gasteiger partial charge in [-0.1, -0.05) is 0 Å². The summed E-state index contributed by atoms with van der Waals surface area (Å²) in [6, 6.07) is 2.07. The fourth-order valence-electron chi connectivity index (χ4n) is 3.61. The van der Waals surface area contributed by atoms with Crippen molar-refractivity contribution in [1.82, 2.24) is 9.80 Å². The molecule has 0 bridgehead atoms. The van der Waals surface area contributed by atoms with Gasteiger partial charge < -0.3 is 19.3 Å². The van der Waals surface area contributed by atoms with Crippen LogP contribution in [0.25, 0.3) is 0 Å². The fourth-order valence-corrected chi connectivity index (χ4v) is 3.61. The van der Waals surface area contributed by atoms with Crippen LogP contribution >= 0.6 is 0 Å². The molecule has 1 saturated heterocycles. The first-order chi connectivity index (χ1) is 11.3. The lowest BCUT2D eigenvalue weighted by Gasteiger charge is -2.32. The monoisotopic (exact) mass is 316 g/mol. The summed E-state index contributed by atoms with van der Waals surface area (Å²) < 4.78 is 11.5. The van der Waals surface area contributed by atoms with Crippen molar-refractivity contribution in [2.24, 2.45) is 0 Å². The Labute approximate surface area is 134 Å². The topological polar surface area (TPSA) is 59.1 Å². The zero-order chi connectivity index (χ0) is 15.8. The largest absolute Gasteiger partial charge is 0.493 e. The molecule has 3 heterocycles. The highest BCUT2D eigenvalue weighted by molar-refractivity contribution is 5.81. The number of piperazine rings is 1. The number of benzene rings is 1. The number of fused-ring (bicyclic) bond motifs is 2. The second kappa shape index (κ2) is 5.76. The van der Waals surface area contributed by atoms with Gasteiger partial charge in [0.15, 0.2) is 0 Å². The zero-order valence-corrected chi connectivity index (χ0v) is 13.0. The summed E-state index contributed by atoms with van der Waals surface area (Å²) in [4.78, 5) is 27.0. The molecule has 6 nitrogen and oxygen atoms in total. The third kappa shape index (κ3) is 2.52. The van der Waals surface area contributed by atoms with Gasteiger partial charge in [0.2, 0.25) is 12.3 Å². The number of rotatable bonds is 3. The first-order valence-corrected chi connectivity index (χ1v) is 8.16. The lowest BCUT2D eigenvalue weighted by atomic mass is 9.96. The minimum absolute atomic E-state index is 0.105. The maximum atomic E-state index is 12.7. The molecule has 0 radical (unpaired) electrons. The predicted molar refractivity (Wildman–Crippen MR) is 82.8 cm³/mol. The average molecular weight is 316 g/mol. The van der Waals surface area contributed by atoms with Gasteiger partial charge in [-0.2, -0.15) is 0 Å². The van der Waals surface area contributed by atoms with Crippen LogP contribution in [0, 0.1) is 0 Å².